The first-order chi connectivity index (χ1) is 16.5. The Kier molecular flexibility index (Phi) is 7.66. The zero-order valence-corrected chi connectivity index (χ0v) is 20.7. The molecule has 34 heavy (non-hydrogen) atoms. The van der Waals surface area contributed by atoms with Gasteiger partial charge < -0.3 is 19.7 Å². The number of nitrogens with one attached hydrogen (secondary N) is 1. The fourth-order valence-corrected chi connectivity index (χ4v) is 5.18. The van der Waals surface area contributed by atoms with Gasteiger partial charge in [0.15, 0.2) is 11.5 Å². The molecule has 9 nitrogen and oxygen atoms in total. The van der Waals surface area contributed by atoms with Crippen LogP contribution in [0.3, 0.4) is 0 Å². The second-order valence-electron chi connectivity index (χ2n) is 8.41. The number of hydrogen-bond acceptors (Lipinski definition) is 8. The van der Waals surface area contributed by atoms with Crippen molar-refractivity contribution >= 4 is 27.3 Å². The van der Waals surface area contributed by atoms with Crippen LogP contribution in [0.4, 0.5) is 5.13 Å². The van der Waals surface area contributed by atoms with Gasteiger partial charge in [-0.1, -0.05) is 30.7 Å². The van der Waals surface area contributed by atoms with E-state index in [9.17, 15) is 9.59 Å². The molecule has 1 aromatic carbocycles. The molecule has 0 unspecified atom stereocenters. The van der Waals surface area contributed by atoms with E-state index in [1.807, 2.05) is 18.2 Å². The van der Waals surface area contributed by atoms with Crippen molar-refractivity contribution in [3.05, 3.63) is 45.9 Å². The molecule has 0 spiro atoms. The molecule has 1 N–H and O–H groups in total. The number of anilines is 1. The summed E-state index contributed by atoms with van der Waals surface area (Å²) in [5.41, 5.74) is 1.75. The van der Waals surface area contributed by atoms with Crippen molar-refractivity contribution in [1.82, 2.24) is 19.9 Å². The molecule has 1 aliphatic heterocycles. The van der Waals surface area contributed by atoms with Crippen LogP contribution >= 0.6 is 11.3 Å². The minimum absolute atomic E-state index is 0.0203. The average molecular weight is 486 g/mol. The number of aryl methyl sites for hydroxylation is 1. The molecule has 1 amide bonds. The zero-order chi connectivity index (χ0) is 24.1. The number of nitrogens with zero attached hydrogens (tertiary/aromatic N) is 4. The molecule has 4 rings (SSSR count). The largest absolute Gasteiger partial charge is 0.493 e. The molecule has 0 bridgehead atoms. The van der Waals surface area contributed by atoms with Gasteiger partial charge in [-0.3, -0.25) is 9.59 Å². The summed E-state index contributed by atoms with van der Waals surface area (Å²) in [4.78, 5) is 32.4. The van der Waals surface area contributed by atoms with Gasteiger partial charge in [0.2, 0.25) is 16.0 Å². The van der Waals surface area contributed by atoms with Crippen LogP contribution in [0.25, 0.3) is 4.96 Å². The maximum atomic E-state index is 12.7. The van der Waals surface area contributed by atoms with Crippen LogP contribution in [-0.4, -0.2) is 54.4 Å². The summed E-state index contributed by atoms with van der Waals surface area (Å²) in [5, 5.41) is 8.34. The predicted molar refractivity (Wildman–Crippen MR) is 132 cm³/mol. The summed E-state index contributed by atoms with van der Waals surface area (Å²) in [5.74, 6) is 1.45. The Morgan fingerprint density at radius 2 is 1.91 bits per heavy atom. The Bertz CT molecular complexity index is 1200. The SMILES string of the molecule is CCCc1cc(=O)n2nc(N3CCC(C(=O)NCCc4ccc(OC)c(OC)c4)CC3)sc2n1. The Balaban J connectivity index is 1.29. The lowest BCUT2D eigenvalue weighted by atomic mass is 9.96. The maximum absolute atomic E-state index is 12.7. The van der Waals surface area contributed by atoms with Crippen LogP contribution in [0.5, 0.6) is 11.5 Å². The van der Waals surface area contributed by atoms with Crippen molar-refractivity contribution in [1.29, 1.82) is 0 Å². The maximum Gasteiger partial charge on any atom is 0.275 e. The molecule has 182 valence electrons. The highest BCUT2D eigenvalue weighted by molar-refractivity contribution is 7.20. The van der Waals surface area contributed by atoms with E-state index in [2.05, 4.69) is 27.2 Å². The topological polar surface area (TPSA) is 98.1 Å². The van der Waals surface area contributed by atoms with E-state index in [-0.39, 0.29) is 17.4 Å². The van der Waals surface area contributed by atoms with E-state index in [1.165, 1.54) is 15.9 Å². The van der Waals surface area contributed by atoms with Gasteiger partial charge in [0.1, 0.15) is 0 Å². The van der Waals surface area contributed by atoms with Gasteiger partial charge in [-0.15, -0.1) is 5.10 Å². The molecule has 2 aromatic heterocycles. The number of aromatic nitrogens is 3. The van der Waals surface area contributed by atoms with Crippen LogP contribution in [0.15, 0.2) is 29.1 Å². The second-order valence-corrected chi connectivity index (χ2v) is 9.34. The van der Waals surface area contributed by atoms with Gasteiger partial charge >= 0.3 is 0 Å². The van der Waals surface area contributed by atoms with E-state index in [4.69, 9.17) is 9.47 Å². The number of methoxy groups -OCH3 is 2. The average Bonchev–Trinajstić information content (AvgIpc) is 3.29. The molecule has 1 saturated heterocycles. The minimum Gasteiger partial charge on any atom is -0.493 e. The number of amides is 1. The third-order valence-corrected chi connectivity index (χ3v) is 7.06. The zero-order valence-electron chi connectivity index (χ0n) is 19.9. The van der Waals surface area contributed by atoms with Crippen molar-refractivity contribution in [2.75, 3.05) is 38.8 Å². The van der Waals surface area contributed by atoms with E-state index in [1.54, 1.807) is 20.3 Å². The lowest BCUT2D eigenvalue weighted by Crippen LogP contribution is -2.41. The predicted octanol–water partition coefficient (Wildman–Crippen LogP) is 2.70. The summed E-state index contributed by atoms with van der Waals surface area (Å²) in [6.45, 7) is 4.09. The number of carbonyl (C=O) groups excluding carboxylic acids is 1. The Morgan fingerprint density at radius 3 is 2.62 bits per heavy atom. The number of piperidine rings is 1. The lowest BCUT2D eigenvalue weighted by molar-refractivity contribution is -0.125. The van der Waals surface area contributed by atoms with Crippen LogP contribution in [-0.2, 0) is 17.6 Å². The Hall–Kier alpha value is -3.14. The third kappa shape index (κ3) is 5.32. The molecular weight excluding hydrogens is 454 g/mol. The molecule has 10 heteroatoms. The number of hydrogen-bond donors (Lipinski definition) is 1. The highest BCUT2D eigenvalue weighted by Gasteiger charge is 2.26. The molecule has 1 aliphatic rings. The highest BCUT2D eigenvalue weighted by atomic mass is 32.1. The van der Waals surface area contributed by atoms with E-state index in [0.717, 1.165) is 61.6 Å². The van der Waals surface area contributed by atoms with Crippen LogP contribution < -0.4 is 25.2 Å². The molecule has 0 aliphatic carbocycles. The van der Waals surface area contributed by atoms with Gasteiger partial charge in [-0.05, 0) is 43.4 Å². The van der Waals surface area contributed by atoms with Crippen molar-refractivity contribution < 1.29 is 14.3 Å². The van der Waals surface area contributed by atoms with Crippen molar-refractivity contribution in [3.8, 4) is 11.5 Å². The first kappa shape index (κ1) is 24.0. The lowest BCUT2D eigenvalue weighted by Gasteiger charge is -2.30. The normalized spacial score (nSPS) is 14.4. The summed E-state index contributed by atoms with van der Waals surface area (Å²) in [6.07, 6.45) is 3.95. The van der Waals surface area contributed by atoms with Crippen LogP contribution in [0.1, 0.15) is 37.4 Å². The van der Waals surface area contributed by atoms with Crippen LogP contribution in [0, 0.1) is 5.92 Å². The first-order valence-electron chi connectivity index (χ1n) is 11.7. The standard InChI is InChI=1S/C24H31N5O4S/c1-4-5-18-15-21(30)29-23(26-18)34-24(27-29)28-12-9-17(10-13-28)22(31)25-11-8-16-6-7-19(32-2)20(14-16)33-3/h6-7,14-15,17H,4-5,8-13H2,1-3H3,(H,25,31). The fraction of sp³-hybridized carbons (Fsp3) is 0.500. The smallest absolute Gasteiger partial charge is 0.275 e. The fourth-order valence-electron chi connectivity index (χ4n) is 4.20. The van der Waals surface area contributed by atoms with E-state index < -0.39 is 0 Å². The molecule has 0 radical (unpaired) electrons. The number of ether oxygens (including phenoxy) is 2. The summed E-state index contributed by atoms with van der Waals surface area (Å²) in [7, 11) is 3.22. The molecular formula is C24H31N5O4S. The second kappa shape index (κ2) is 10.9. The molecule has 0 saturated carbocycles. The number of carbonyl (C=O) groups is 1. The monoisotopic (exact) mass is 485 g/mol. The Morgan fingerprint density at radius 1 is 1.15 bits per heavy atom. The van der Waals surface area contributed by atoms with Gasteiger partial charge in [-0.2, -0.15) is 4.52 Å². The van der Waals surface area contributed by atoms with Crippen molar-refractivity contribution in [3.63, 3.8) is 0 Å². The molecule has 0 atom stereocenters. The summed E-state index contributed by atoms with van der Waals surface area (Å²) < 4.78 is 12.0. The minimum atomic E-state index is -0.139. The number of rotatable bonds is 9. The number of fused-ring (bicyclic) bond motifs is 1. The van der Waals surface area contributed by atoms with Gasteiger partial charge in [0.25, 0.3) is 5.56 Å². The molecule has 1 fully saturated rings. The quantitative estimate of drug-likeness (QED) is 0.498. The summed E-state index contributed by atoms with van der Waals surface area (Å²) in [6, 6.07) is 7.36. The van der Waals surface area contributed by atoms with Crippen molar-refractivity contribution in [2.45, 2.75) is 39.0 Å². The van der Waals surface area contributed by atoms with Gasteiger partial charge in [-0.25, -0.2) is 4.98 Å². The molecule has 3 aromatic rings. The van der Waals surface area contributed by atoms with Crippen molar-refractivity contribution in [2.24, 2.45) is 5.92 Å². The van der Waals surface area contributed by atoms with Gasteiger partial charge in [0.05, 0.1) is 14.2 Å². The Labute approximate surface area is 202 Å². The molecule has 3 heterocycles. The van der Waals surface area contributed by atoms with Crippen LogP contribution in [0.2, 0.25) is 0 Å². The summed E-state index contributed by atoms with van der Waals surface area (Å²) >= 11 is 1.43. The van der Waals surface area contributed by atoms with Gasteiger partial charge in [0, 0.05) is 37.3 Å². The third-order valence-electron chi connectivity index (χ3n) is 6.09. The van der Waals surface area contributed by atoms with E-state index >= 15 is 0 Å². The highest BCUT2D eigenvalue weighted by Crippen LogP contribution is 2.28. The van der Waals surface area contributed by atoms with E-state index in [0.29, 0.717) is 23.0 Å². The number of benzene rings is 1. The first-order valence-corrected chi connectivity index (χ1v) is 12.5.